The molecule has 0 aliphatic heterocycles. The maximum absolute atomic E-state index is 13.1. The Kier molecular flexibility index (Phi) is 4.65. The lowest BCUT2D eigenvalue weighted by molar-refractivity contribution is 0.190. The highest BCUT2D eigenvalue weighted by Gasteiger charge is 2.20. The Morgan fingerprint density at radius 1 is 1.24 bits per heavy atom. The summed E-state index contributed by atoms with van der Waals surface area (Å²) < 4.78 is 1.32. The van der Waals surface area contributed by atoms with E-state index in [2.05, 4.69) is 10.3 Å². The van der Waals surface area contributed by atoms with Gasteiger partial charge in [-0.15, -0.1) is 0 Å². The van der Waals surface area contributed by atoms with Crippen LogP contribution in [-0.2, 0) is 0 Å². The van der Waals surface area contributed by atoms with E-state index in [1.165, 1.54) is 4.57 Å². The Hall–Kier alpha value is -2.57. The summed E-state index contributed by atoms with van der Waals surface area (Å²) in [7, 11) is 0. The topological polar surface area (TPSA) is 84.2 Å². The van der Waals surface area contributed by atoms with Crippen LogP contribution in [0.25, 0.3) is 16.6 Å². The molecule has 0 aliphatic rings. The fourth-order valence-electron chi connectivity index (χ4n) is 2.61. The first-order chi connectivity index (χ1) is 11.9. The smallest absolute Gasteiger partial charge is 0.405 e. The molecule has 2 N–H and O–H groups in total. The van der Waals surface area contributed by atoms with Gasteiger partial charge < -0.3 is 10.4 Å². The number of nitrogens with one attached hydrogen (secondary N) is 1. The number of nitrogens with zero attached hydrogens (tertiary/aromatic N) is 2. The molecule has 0 fully saturated rings. The molecule has 1 amide bonds. The molecule has 0 bridgehead atoms. The Balaban J connectivity index is 2.38. The van der Waals surface area contributed by atoms with Gasteiger partial charge in [0.25, 0.3) is 5.56 Å². The first-order valence-electron chi connectivity index (χ1n) is 7.35. The fraction of sp³-hybridized carbons (Fsp3) is 0.118. The average molecular weight is 378 g/mol. The number of fused-ring (bicyclic) bond motifs is 1. The van der Waals surface area contributed by atoms with Gasteiger partial charge in [0.1, 0.15) is 5.82 Å². The molecule has 0 saturated heterocycles. The van der Waals surface area contributed by atoms with Crippen LogP contribution in [0.4, 0.5) is 4.79 Å². The molecule has 0 radical (unpaired) electrons. The van der Waals surface area contributed by atoms with Gasteiger partial charge in [0.05, 0.1) is 27.7 Å². The highest BCUT2D eigenvalue weighted by atomic mass is 35.5. The maximum Gasteiger partial charge on any atom is 0.405 e. The van der Waals surface area contributed by atoms with Crippen molar-refractivity contribution in [2.75, 3.05) is 0 Å². The third-order valence-corrected chi connectivity index (χ3v) is 4.22. The third-order valence-electron chi connectivity index (χ3n) is 3.67. The molecule has 0 saturated carbocycles. The molecule has 8 heteroatoms. The molecular formula is C17H13Cl2N3O3. The Bertz CT molecular complexity index is 1030. The summed E-state index contributed by atoms with van der Waals surface area (Å²) in [5.74, 6) is 0.240. The van der Waals surface area contributed by atoms with Gasteiger partial charge >= 0.3 is 6.09 Å². The summed E-state index contributed by atoms with van der Waals surface area (Å²) in [6.45, 7) is 1.60. The first-order valence-corrected chi connectivity index (χ1v) is 8.10. The van der Waals surface area contributed by atoms with Crippen molar-refractivity contribution in [2.24, 2.45) is 0 Å². The molecule has 128 valence electrons. The van der Waals surface area contributed by atoms with Gasteiger partial charge in [0, 0.05) is 5.02 Å². The van der Waals surface area contributed by atoms with Crippen molar-refractivity contribution in [3.63, 3.8) is 0 Å². The van der Waals surface area contributed by atoms with Gasteiger partial charge in [-0.25, -0.2) is 9.78 Å². The number of hydrogen-bond acceptors (Lipinski definition) is 3. The largest absolute Gasteiger partial charge is 0.465 e. The van der Waals surface area contributed by atoms with Crippen molar-refractivity contribution >= 4 is 40.2 Å². The molecule has 1 aromatic heterocycles. The van der Waals surface area contributed by atoms with Crippen molar-refractivity contribution in [3.05, 3.63) is 68.7 Å². The van der Waals surface area contributed by atoms with Gasteiger partial charge in [-0.1, -0.05) is 35.3 Å². The number of carboxylic acid groups (broad SMARTS) is 1. The van der Waals surface area contributed by atoms with E-state index in [0.29, 0.717) is 16.2 Å². The second kappa shape index (κ2) is 6.74. The highest BCUT2D eigenvalue weighted by Crippen LogP contribution is 2.23. The quantitative estimate of drug-likeness (QED) is 0.721. The van der Waals surface area contributed by atoms with Crippen LogP contribution in [-0.4, -0.2) is 20.8 Å². The van der Waals surface area contributed by atoms with E-state index in [0.717, 1.165) is 0 Å². The minimum Gasteiger partial charge on any atom is -0.465 e. The molecule has 0 spiro atoms. The molecule has 3 aromatic rings. The number of rotatable bonds is 3. The lowest BCUT2D eigenvalue weighted by Crippen LogP contribution is -2.32. The summed E-state index contributed by atoms with van der Waals surface area (Å²) >= 11 is 12.2. The fourth-order valence-corrected chi connectivity index (χ4v) is 3.05. The zero-order chi connectivity index (χ0) is 18.1. The van der Waals surface area contributed by atoms with Crippen LogP contribution in [0.15, 0.2) is 47.3 Å². The Labute approximate surface area is 152 Å². The second-order valence-electron chi connectivity index (χ2n) is 5.40. The summed E-state index contributed by atoms with van der Waals surface area (Å²) in [5, 5.41) is 12.3. The average Bonchev–Trinajstić information content (AvgIpc) is 2.53. The lowest BCUT2D eigenvalue weighted by atomic mass is 10.2. The van der Waals surface area contributed by atoms with Gasteiger partial charge in [0.15, 0.2) is 0 Å². The number of carbonyl (C=O) groups is 1. The Morgan fingerprint density at radius 3 is 2.64 bits per heavy atom. The van der Waals surface area contributed by atoms with E-state index in [9.17, 15) is 9.59 Å². The lowest BCUT2D eigenvalue weighted by Gasteiger charge is -2.19. The van der Waals surface area contributed by atoms with Crippen LogP contribution in [0, 0.1) is 0 Å². The van der Waals surface area contributed by atoms with Crippen LogP contribution in [0.2, 0.25) is 10.0 Å². The maximum atomic E-state index is 13.1. The van der Waals surface area contributed by atoms with Gasteiger partial charge in [-0.2, -0.15) is 0 Å². The van der Waals surface area contributed by atoms with Crippen LogP contribution in [0.3, 0.4) is 0 Å². The zero-order valence-corrected chi connectivity index (χ0v) is 14.5. The van der Waals surface area contributed by atoms with E-state index < -0.39 is 17.7 Å². The highest BCUT2D eigenvalue weighted by molar-refractivity contribution is 6.35. The number of hydrogen-bond donors (Lipinski definition) is 2. The summed E-state index contributed by atoms with van der Waals surface area (Å²) in [6, 6.07) is 10.9. The normalized spacial score (nSPS) is 12.1. The van der Waals surface area contributed by atoms with Crippen LogP contribution in [0.5, 0.6) is 0 Å². The van der Waals surface area contributed by atoms with E-state index in [1.807, 2.05) is 0 Å². The monoisotopic (exact) mass is 377 g/mol. The first kappa shape index (κ1) is 17.3. The summed E-state index contributed by atoms with van der Waals surface area (Å²) in [6.07, 6.45) is -1.22. The van der Waals surface area contributed by atoms with Gasteiger partial charge in [-0.05, 0) is 37.3 Å². The molecule has 3 rings (SSSR count). The van der Waals surface area contributed by atoms with Crippen LogP contribution >= 0.6 is 23.2 Å². The molecular weight excluding hydrogens is 365 g/mol. The van der Waals surface area contributed by atoms with Crippen molar-refractivity contribution in [1.29, 1.82) is 0 Å². The minimum absolute atomic E-state index is 0.240. The standard InChI is InChI=1S/C17H13Cl2N3O3/c1-9(20-17(24)25)15-21-13-7-3-6-12(19)14(13)16(23)22(15)11-5-2-4-10(18)8-11/h2-9,20H,1H3,(H,24,25). The number of aromatic nitrogens is 2. The molecule has 2 aromatic carbocycles. The SMILES string of the molecule is CC(NC(=O)O)c1nc2cccc(Cl)c2c(=O)n1-c1cccc(Cl)c1. The molecule has 1 atom stereocenters. The molecule has 1 heterocycles. The molecule has 6 nitrogen and oxygen atoms in total. The number of halogens is 2. The number of amides is 1. The second-order valence-corrected chi connectivity index (χ2v) is 6.24. The van der Waals surface area contributed by atoms with Gasteiger partial charge in [0.2, 0.25) is 0 Å². The zero-order valence-electron chi connectivity index (χ0n) is 13.0. The predicted molar refractivity (Wildman–Crippen MR) is 96.9 cm³/mol. The molecule has 25 heavy (non-hydrogen) atoms. The van der Waals surface area contributed by atoms with Crippen molar-refractivity contribution in [3.8, 4) is 5.69 Å². The van der Waals surface area contributed by atoms with E-state index in [4.69, 9.17) is 28.3 Å². The number of benzene rings is 2. The van der Waals surface area contributed by atoms with Crippen molar-refractivity contribution in [1.82, 2.24) is 14.9 Å². The predicted octanol–water partition coefficient (Wildman–Crippen LogP) is 4.02. The van der Waals surface area contributed by atoms with Crippen molar-refractivity contribution in [2.45, 2.75) is 13.0 Å². The van der Waals surface area contributed by atoms with Crippen LogP contribution < -0.4 is 10.9 Å². The third kappa shape index (κ3) is 3.31. The summed E-state index contributed by atoms with van der Waals surface area (Å²) in [4.78, 5) is 28.6. The molecule has 0 aliphatic carbocycles. The van der Waals surface area contributed by atoms with Crippen LogP contribution in [0.1, 0.15) is 18.8 Å². The van der Waals surface area contributed by atoms with E-state index in [1.54, 1.807) is 49.4 Å². The van der Waals surface area contributed by atoms with Gasteiger partial charge in [-0.3, -0.25) is 9.36 Å². The van der Waals surface area contributed by atoms with Crippen molar-refractivity contribution < 1.29 is 9.90 Å². The van der Waals surface area contributed by atoms with E-state index in [-0.39, 0.29) is 16.2 Å². The summed E-state index contributed by atoms with van der Waals surface area (Å²) in [5.41, 5.74) is 0.470. The minimum atomic E-state index is -1.22. The molecule has 1 unspecified atom stereocenters. The Morgan fingerprint density at radius 2 is 1.96 bits per heavy atom. The van der Waals surface area contributed by atoms with E-state index >= 15 is 0 Å².